The third-order valence-electron chi connectivity index (χ3n) is 8.07. The molecule has 1 aliphatic heterocycles. The van der Waals surface area contributed by atoms with Crippen LogP contribution >= 0.6 is 0 Å². The molecule has 0 spiro atoms. The fraction of sp³-hybridized carbons (Fsp3) is 0.357. The highest BCUT2D eigenvalue weighted by molar-refractivity contribution is 5.98. The third-order valence-corrected chi connectivity index (χ3v) is 8.07. The van der Waals surface area contributed by atoms with Crippen molar-refractivity contribution in [2.75, 3.05) is 6.98 Å². The van der Waals surface area contributed by atoms with Gasteiger partial charge in [-0.05, 0) is 31.5 Å². The van der Waals surface area contributed by atoms with E-state index in [4.69, 9.17) is 14.6 Å². The third kappa shape index (κ3) is 3.55. The second kappa shape index (κ2) is 8.24. The second-order valence-electron chi connectivity index (χ2n) is 11.1. The van der Waals surface area contributed by atoms with E-state index in [0.717, 1.165) is 11.1 Å². The Morgan fingerprint density at radius 2 is 1.98 bits per heavy atom. The first-order valence-corrected chi connectivity index (χ1v) is 12.6. The minimum absolute atomic E-state index is 0.0536. The lowest BCUT2D eigenvalue weighted by atomic mass is 9.66. The molecule has 1 fully saturated rings. The van der Waals surface area contributed by atoms with Crippen LogP contribution in [0, 0.1) is 5.82 Å². The number of pyridine rings is 1. The number of benzene rings is 1. The minimum Gasteiger partial charge on any atom is -0.434 e. The number of rotatable bonds is 4. The number of nitrogens with two attached hydrogens (primary N) is 1. The Kier molecular flexibility index (Phi) is 4.48. The zero-order valence-corrected chi connectivity index (χ0v) is 21.1. The van der Waals surface area contributed by atoms with Crippen LogP contribution in [-0.2, 0) is 5.60 Å². The standard InChI is InChI=1S/C28H25F3N6O3/c1-27(32)11-28(39,12-27)25-33-8-13(9-34-25)15-6-18-22-16-7-19(23(22)35-37(18)10-17(15)29)36(2)24(38)14-4-3-5-20(21(14)16)40-26(30)31/h3-6,8-10,16,19,26,39H,7,11-12,32H2,1-2H3/t16-,19-,27?,28?/m1/s1/i2D3. The predicted molar refractivity (Wildman–Crippen MR) is 136 cm³/mol. The zero-order valence-electron chi connectivity index (χ0n) is 24.1. The summed E-state index contributed by atoms with van der Waals surface area (Å²) in [6.07, 6.45) is 4.50. The Labute approximate surface area is 230 Å². The van der Waals surface area contributed by atoms with E-state index in [1.807, 2.05) is 6.92 Å². The van der Waals surface area contributed by atoms with E-state index in [-0.39, 0.29) is 53.2 Å². The molecular formula is C28H25F3N6O3. The Bertz CT molecular complexity index is 1800. The van der Waals surface area contributed by atoms with Crippen LogP contribution in [0.15, 0.2) is 42.9 Å². The molecule has 3 aromatic heterocycles. The van der Waals surface area contributed by atoms with Gasteiger partial charge in [-0.3, -0.25) is 4.79 Å². The van der Waals surface area contributed by atoms with Gasteiger partial charge >= 0.3 is 6.61 Å². The first-order chi connectivity index (χ1) is 20.2. The van der Waals surface area contributed by atoms with Gasteiger partial charge in [-0.2, -0.15) is 13.9 Å². The summed E-state index contributed by atoms with van der Waals surface area (Å²) in [7, 11) is 0. The van der Waals surface area contributed by atoms with Gasteiger partial charge in [-0.25, -0.2) is 18.9 Å². The summed E-state index contributed by atoms with van der Waals surface area (Å²) in [5.74, 6) is -2.38. The minimum atomic E-state index is -3.19. The Balaban J connectivity index is 1.39. The first-order valence-electron chi connectivity index (χ1n) is 14.1. The summed E-state index contributed by atoms with van der Waals surface area (Å²) in [5, 5.41) is 15.3. The molecule has 0 unspecified atom stereocenters. The lowest BCUT2D eigenvalue weighted by Gasteiger charge is -2.48. The number of aromatic nitrogens is 4. The number of carbonyl (C=O) groups is 1. The fourth-order valence-corrected chi connectivity index (χ4v) is 6.58. The predicted octanol–water partition coefficient (Wildman–Crippen LogP) is 3.89. The number of fused-ring (bicyclic) bond motifs is 9. The van der Waals surface area contributed by atoms with E-state index in [9.17, 15) is 18.7 Å². The molecule has 1 aromatic carbocycles. The number of amides is 1. The van der Waals surface area contributed by atoms with Crippen molar-refractivity contribution in [1.82, 2.24) is 24.5 Å². The average Bonchev–Trinajstić information content (AvgIpc) is 3.38. The van der Waals surface area contributed by atoms with Gasteiger partial charge < -0.3 is 20.5 Å². The molecule has 3 N–H and O–H groups in total. The van der Waals surface area contributed by atoms with Crippen molar-refractivity contribution in [2.24, 2.45) is 5.73 Å². The summed E-state index contributed by atoms with van der Waals surface area (Å²) in [6, 6.07) is 4.51. The van der Waals surface area contributed by atoms with Gasteiger partial charge in [0.25, 0.3) is 5.91 Å². The van der Waals surface area contributed by atoms with Crippen molar-refractivity contribution in [2.45, 2.75) is 55.9 Å². The molecule has 2 atom stereocenters. The average molecular weight is 554 g/mol. The van der Waals surface area contributed by atoms with Crippen LogP contribution in [0.25, 0.3) is 16.6 Å². The second-order valence-corrected chi connectivity index (χ2v) is 11.1. The lowest BCUT2D eigenvalue weighted by Crippen LogP contribution is -2.58. The smallest absolute Gasteiger partial charge is 0.387 e. The van der Waals surface area contributed by atoms with Gasteiger partial charge in [-0.1, -0.05) is 6.07 Å². The van der Waals surface area contributed by atoms with Crippen LogP contribution in [-0.4, -0.2) is 54.6 Å². The molecule has 12 heteroatoms. The maximum Gasteiger partial charge on any atom is 0.387 e. The number of hydrogen-bond acceptors (Lipinski definition) is 7. The summed E-state index contributed by atoms with van der Waals surface area (Å²) in [5.41, 5.74) is 5.78. The van der Waals surface area contributed by atoms with Crippen LogP contribution < -0.4 is 10.5 Å². The number of alkyl halides is 2. The Morgan fingerprint density at radius 3 is 2.65 bits per heavy atom. The van der Waals surface area contributed by atoms with Crippen LogP contribution in [0.5, 0.6) is 5.75 Å². The molecule has 0 radical (unpaired) electrons. The summed E-state index contributed by atoms with van der Waals surface area (Å²) in [4.78, 5) is 22.9. The van der Waals surface area contributed by atoms with Crippen LogP contribution in [0.4, 0.5) is 13.2 Å². The largest absolute Gasteiger partial charge is 0.434 e. The SMILES string of the molecule is [2H]C([2H])([2H])N1C(=O)c2cccc(OC(F)F)c2[C@H]2C[C@@H]1c1nn3cc(F)c(-c4cnc(C5(O)CC(C)(N)C5)nc4)cc3c12. The highest BCUT2D eigenvalue weighted by atomic mass is 19.3. The maximum absolute atomic E-state index is 15.5. The van der Waals surface area contributed by atoms with E-state index < -0.39 is 48.4 Å². The van der Waals surface area contributed by atoms with Crippen LogP contribution in [0.2, 0.25) is 0 Å². The molecule has 4 heterocycles. The quantitative estimate of drug-likeness (QED) is 0.394. The van der Waals surface area contributed by atoms with Crippen molar-refractivity contribution in [3.05, 3.63) is 76.9 Å². The number of hydrogen-bond donors (Lipinski definition) is 2. The van der Waals surface area contributed by atoms with Gasteiger partial charge in [0, 0.05) is 75.6 Å². The van der Waals surface area contributed by atoms with E-state index >= 15 is 4.39 Å². The van der Waals surface area contributed by atoms with E-state index in [0.29, 0.717) is 16.6 Å². The normalized spacial score (nSPS) is 28.4. The van der Waals surface area contributed by atoms with Crippen LogP contribution in [0.3, 0.4) is 0 Å². The molecule has 0 saturated heterocycles. The van der Waals surface area contributed by atoms with E-state index in [1.54, 1.807) is 0 Å². The van der Waals surface area contributed by atoms with Crippen molar-refractivity contribution < 1.29 is 31.9 Å². The number of halogens is 3. The van der Waals surface area contributed by atoms with Gasteiger partial charge in [0.1, 0.15) is 17.2 Å². The molecule has 9 nitrogen and oxygen atoms in total. The molecule has 206 valence electrons. The molecule has 1 amide bonds. The topological polar surface area (TPSA) is 119 Å². The zero-order chi connectivity index (χ0) is 30.6. The summed E-state index contributed by atoms with van der Waals surface area (Å²) < 4.78 is 72.8. The molecular weight excluding hydrogens is 525 g/mol. The number of carbonyl (C=O) groups excluding carboxylic acids is 1. The summed E-state index contributed by atoms with van der Waals surface area (Å²) in [6.45, 7) is -4.26. The van der Waals surface area contributed by atoms with Gasteiger partial charge in [-0.15, -0.1) is 0 Å². The maximum atomic E-state index is 15.5. The monoisotopic (exact) mass is 553 g/mol. The van der Waals surface area contributed by atoms with Gasteiger partial charge in [0.15, 0.2) is 5.82 Å². The highest BCUT2D eigenvalue weighted by Gasteiger charge is 2.52. The first kappa shape index (κ1) is 21.8. The Morgan fingerprint density at radius 1 is 1.23 bits per heavy atom. The molecule has 4 aromatic rings. The highest BCUT2D eigenvalue weighted by Crippen LogP contribution is 2.53. The molecule has 2 aliphatic carbocycles. The molecule has 7 rings (SSSR count). The van der Waals surface area contributed by atoms with Crippen LogP contribution in [0.1, 0.15) is 75.3 Å². The number of aliphatic hydroxyl groups is 1. The lowest BCUT2D eigenvalue weighted by molar-refractivity contribution is -0.0934. The fourth-order valence-electron chi connectivity index (χ4n) is 6.58. The van der Waals surface area contributed by atoms with Gasteiger partial charge in [0.05, 0.1) is 23.4 Å². The molecule has 2 bridgehead atoms. The van der Waals surface area contributed by atoms with Crippen molar-refractivity contribution in [3.63, 3.8) is 0 Å². The van der Waals surface area contributed by atoms with E-state index in [1.165, 1.54) is 41.2 Å². The summed E-state index contributed by atoms with van der Waals surface area (Å²) >= 11 is 0. The Hall–Kier alpha value is -4.03. The van der Waals surface area contributed by atoms with Gasteiger partial charge in [0.2, 0.25) is 0 Å². The van der Waals surface area contributed by atoms with Crippen molar-refractivity contribution in [1.29, 1.82) is 0 Å². The number of ether oxygens (including phenoxy) is 1. The molecule has 40 heavy (non-hydrogen) atoms. The number of nitrogens with zero attached hydrogens (tertiary/aromatic N) is 5. The van der Waals surface area contributed by atoms with E-state index in [2.05, 4.69) is 15.1 Å². The molecule has 3 aliphatic rings. The van der Waals surface area contributed by atoms with Crippen molar-refractivity contribution >= 4 is 11.4 Å². The molecule has 1 saturated carbocycles. The van der Waals surface area contributed by atoms with Crippen molar-refractivity contribution in [3.8, 4) is 16.9 Å².